The lowest BCUT2D eigenvalue weighted by Gasteiger charge is -2.09. The van der Waals surface area contributed by atoms with Gasteiger partial charge in [0.25, 0.3) is 0 Å². The fourth-order valence-corrected chi connectivity index (χ4v) is 1.89. The summed E-state index contributed by atoms with van der Waals surface area (Å²) >= 11 is 0. The highest BCUT2D eigenvalue weighted by Gasteiger charge is 2.11. The minimum absolute atomic E-state index is 0.0714. The van der Waals surface area contributed by atoms with Crippen LogP contribution in [0.3, 0.4) is 0 Å². The Balaban J connectivity index is 2.20. The van der Waals surface area contributed by atoms with Crippen LogP contribution in [0.15, 0.2) is 41.3 Å². The number of hydrogen-bond donors (Lipinski definition) is 1. The molecule has 0 saturated heterocycles. The molecule has 2 rings (SSSR count). The van der Waals surface area contributed by atoms with Crippen LogP contribution in [0.25, 0.3) is 0 Å². The van der Waals surface area contributed by atoms with Gasteiger partial charge in [-0.3, -0.25) is 4.79 Å². The van der Waals surface area contributed by atoms with Crippen LogP contribution in [-0.4, -0.2) is 15.6 Å². The molecule has 20 heavy (non-hydrogen) atoms. The Kier molecular flexibility index (Phi) is 3.89. The van der Waals surface area contributed by atoms with Crippen LogP contribution in [0, 0.1) is 6.92 Å². The Labute approximate surface area is 116 Å². The van der Waals surface area contributed by atoms with Crippen molar-refractivity contribution in [1.29, 1.82) is 0 Å². The Hall–Kier alpha value is -2.56. The van der Waals surface area contributed by atoms with E-state index in [4.69, 9.17) is 9.84 Å². The molecule has 0 aliphatic heterocycles. The quantitative estimate of drug-likeness (QED) is 0.924. The zero-order valence-corrected chi connectivity index (χ0v) is 11.3. The Morgan fingerprint density at radius 2 is 2.10 bits per heavy atom. The maximum Gasteiger partial charge on any atom is 0.352 e. The zero-order valence-electron chi connectivity index (χ0n) is 11.3. The van der Waals surface area contributed by atoms with E-state index in [9.17, 15) is 9.59 Å². The van der Waals surface area contributed by atoms with Gasteiger partial charge in [-0.2, -0.15) is 0 Å². The van der Waals surface area contributed by atoms with Crippen LogP contribution in [-0.2, 0) is 13.7 Å². The number of aromatic nitrogens is 1. The van der Waals surface area contributed by atoms with Gasteiger partial charge in [-0.25, -0.2) is 4.79 Å². The molecule has 0 unspecified atom stereocenters. The van der Waals surface area contributed by atoms with Crippen molar-refractivity contribution in [2.24, 2.45) is 7.05 Å². The number of nitrogens with zero attached hydrogens (tertiary/aromatic N) is 1. The van der Waals surface area contributed by atoms with Crippen LogP contribution in [0.2, 0.25) is 0 Å². The molecule has 0 aliphatic carbocycles. The first-order chi connectivity index (χ1) is 9.47. The maximum absolute atomic E-state index is 11.8. The first kappa shape index (κ1) is 13.9. The lowest BCUT2D eigenvalue weighted by atomic mass is 10.1. The number of aromatic carboxylic acids is 1. The smallest absolute Gasteiger partial charge is 0.352 e. The topological polar surface area (TPSA) is 68.5 Å². The predicted octanol–water partition coefficient (Wildman–Crippen LogP) is 1.97. The third-order valence-electron chi connectivity index (χ3n) is 2.90. The number of carboxylic acid groups (broad SMARTS) is 1. The van der Waals surface area contributed by atoms with Crippen molar-refractivity contribution < 1.29 is 14.6 Å². The Morgan fingerprint density at radius 3 is 2.75 bits per heavy atom. The van der Waals surface area contributed by atoms with Gasteiger partial charge in [-0.1, -0.05) is 29.8 Å². The van der Waals surface area contributed by atoms with Crippen molar-refractivity contribution in [2.75, 3.05) is 0 Å². The first-order valence-corrected chi connectivity index (χ1v) is 6.09. The van der Waals surface area contributed by atoms with Crippen LogP contribution < -0.4 is 10.2 Å². The van der Waals surface area contributed by atoms with Crippen molar-refractivity contribution in [3.05, 3.63) is 63.6 Å². The van der Waals surface area contributed by atoms with Gasteiger partial charge >= 0.3 is 5.97 Å². The summed E-state index contributed by atoms with van der Waals surface area (Å²) in [5.74, 6) is -1.01. The molecule has 0 saturated carbocycles. The average Bonchev–Trinajstić information content (AvgIpc) is 2.39. The van der Waals surface area contributed by atoms with Gasteiger partial charge in [0.15, 0.2) is 5.75 Å². The molecular formula is C15H15NO4. The molecule has 0 aliphatic rings. The molecule has 0 amide bonds. The molecule has 0 atom stereocenters. The molecule has 0 radical (unpaired) electrons. The average molecular weight is 273 g/mol. The predicted molar refractivity (Wildman–Crippen MR) is 74.2 cm³/mol. The van der Waals surface area contributed by atoms with E-state index in [1.54, 1.807) is 7.05 Å². The van der Waals surface area contributed by atoms with Crippen molar-refractivity contribution in [3.8, 4) is 5.75 Å². The number of carbonyl (C=O) groups is 1. The summed E-state index contributed by atoms with van der Waals surface area (Å²) in [6, 6.07) is 8.83. The number of aryl methyl sites for hydroxylation is 2. The highest BCUT2D eigenvalue weighted by molar-refractivity contribution is 5.85. The fourth-order valence-electron chi connectivity index (χ4n) is 1.89. The van der Waals surface area contributed by atoms with Gasteiger partial charge in [0.1, 0.15) is 12.3 Å². The third-order valence-corrected chi connectivity index (χ3v) is 2.90. The van der Waals surface area contributed by atoms with E-state index >= 15 is 0 Å². The van der Waals surface area contributed by atoms with Gasteiger partial charge in [0.05, 0.1) is 6.20 Å². The van der Waals surface area contributed by atoms with Crippen molar-refractivity contribution in [1.82, 2.24) is 4.57 Å². The summed E-state index contributed by atoms with van der Waals surface area (Å²) in [4.78, 5) is 22.7. The van der Waals surface area contributed by atoms with E-state index in [-0.39, 0.29) is 18.1 Å². The number of pyridine rings is 1. The van der Waals surface area contributed by atoms with Crippen molar-refractivity contribution in [2.45, 2.75) is 13.5 Å². The molecule has 1 heterocycles. The Bertz CT molecular complexity index is 703. The van der Waals surface area contributed by atoms with Gasteiger partial charge in [0.2, 0.25) is 5.43 Å². The van der Waals surface area contributed by atoms with Crippen LogP contribution in [0.5, 0.6) is 5.75 Å². The number of benzene rings is 1. The van der Waals surface area contributed by atoms with E-state index in [1.165, 1.54) is 10.8 Å². The van der Waals surface area contributed by atoms with Gasteiger partial charge in [-0.05, 0) is 12.5 Å². The summed E-state index contributed by atoms with van der Waals surface area (Å²) in [5, 5.41) is 8.92. The molecule has 0 spiro atoms. The van der Waals surface area contributed by atoms with E-state index in [0.29, 0.717) is 0 Å². The molecule has 1 aromatic heterocycles. The minimum Gasteiger partial charge on any atom is -0.483 e. The summed E-state index contributed by atoms with van der Waals surface area (Å²) in [6.07, 6.45) is 1.39. The second-order valence-electron chi connectivity index (χ2n) is 4.58. The number of rotatable bonds is 4. The van der Waals surface area contributed by atoms with Crippen LogP contribution >= 0.6 is 0 Å². The number of ether oxygens (including phenoxy) is 1. The second-order valence-corrected chi connectivity index (χ2v) is 4.58. The van der Waals surface area contributed by atoms with Gasteiger partial charge in [-0.15, -0.1) is 0 Å². The molecule has 1 aromatic carbocycles. The maximum atomic E-state index is 11.8. The summed E-state index contributed by atoms with van der Waals surface area (Å²) < 4.78 is 6.82. The summed E-state index contributed by atoms with van der Waals surface area (Å²) in [6.45, 7) is 2.24. The lowest BCUT2D eigenvalue weighted by molar-refractivity contribution is 0.0685. The summed E-state index contributed by atoms with van der Waals surface area (Å²) in [5.41, 5.74) is 1.56. The van der Waals surface area contributed by atoms with Crippen LogP contribution in [0.4, 0.5) is 0 Å². The Morgan fingerprint density at radius 1 is 1.35 bits per heavy atom. The highest BCUT2D eigenvalue weighted by Crippen LogP contribution is 2.10. The van der Waals surface area contributed by atoms with E-state index in [1.807, 2.05) is 31.2 Å². The molecule has 2 aromatic rings. The molecule has 0 bridgehead atoms. The van der Waals surface area contributed by atoms with Gasteiger partial charge in [0, 0.05) is 13.1 Å². The largest absolute Gasteiger partial charge is 0.483 e. The molecular weight excluding hydrogens is 258 g/mol. The fraction of sp³-hybridized carbons (Fsp3) is 0.200. The molecule has 0 fully saturated rings. The van der Waals surface area contributed by atoms with Crippen molar-refractivity contribution >= 4 is 5.97 Å². The standard InChI is InChI=1S/C15H15NO4/c1-10-4-3-5-11(6-10)9-20-14-8-16(2)12(15(18)19)7-13(14)17/h3-8H,9H2,1-2H3,(H,18,19). The van der Waals surface area contributed by atoms with E-state index in [0.717, 1.165) is 17.2 Å². The van der Waals surface area contributed by atoms with Gasteiger partial charge < -0.3 is 14.4 Å². The molecule has 1 N–H and O–H groups in total. The second kappa shape index (κ2) is 5.61. The normalized spacial score (nSPS) is 10.3. The third kappa shape index (κ3) is 3.06. The van der Waals surface area contributed by atoms with Crippen molar-refractivity contribution in [3.63, 3.8) is 0 Å². The lowest BCUT2D eigenvalue weighted by Crippen LogP contribution is -2.16. The highest BCUT2D eigenvalue weighted by atomic mass is 16.5. The monoisotopic (exact) mass is 273 g/mol. The number of carboxylic acids is 1. The first-order valence-electron chi connectivity index (χ1n) is 6.09. The van der Waals surface area contributed by atoms with E-state index in [2.05, 4.69) is 0 Å². The zero-order chi connectivity index (χ0) is 14.7. The molecule has 5 heteroatoms. The molecule has 104 valence electrons. The molecule has 5 nitrogen and oxygen atoms in total. The SMILES string of the molecule is Cc1cccc(COc2cn(C)c(C(=O)O)cc2=O)c1. The van der Waals surface area contributed by atoms with E-state index < -0.39 is 11.4 Å². The van der Waals surface area contributed by atoms with Crippen LogP contribution in [0.1, 0.15) is 21.6 Å². The number of hydrogen-bond acceptors (Lipinski definition) is 3. The summed E-state index contributed by atoms with van der Waals surface area (Å²) in [7, 11) is 1.56. The minimum atomic E-state index is -1.14.